The van der Waals surface area contributed by atoms with Gasteiger partial charge in [-0.05, 0) is 64.7 Å². The molecule has 0 unspecified atom stereocenters. The van der Waals surface area contributed by atoms with Crippen molar-refractivity contribution in [2.75, 3.05) is 0 Å². The SMILES string of the molecule is c1cnc2c(c1)cc(-c1ccc(-c3ccc4sc5c(nc6ccccn65)c4c3)cc1)c1cccnc12. The lowest BCUT2D eigenvalue weighted by Crippen LogP contribution is -1.89. The first-order valence-corrected chi connectivity index (χ1v) is 12.7. The number of fused-ring (bicyclic) bond motifs is 8. The zero-order chi connectivity index (χ0) is 23.6. The lowest BCUT2D eigenvalue weighted by molar-refractivity contribution is 1.24. The van der Waals surface area contributed by atoms with Gasteiger partial charge in [0.15, 0.2) is 0 Å². The van der Waals surface area contributed by atoms with Crippen molar-refractivity contribution in [2.45, 2.75) is 0 Å². The van der Waals surface area contributed by atoms with E-state index in [0.29, 0.717) is 0 Å². The minimum Gasteiger partial charge on any atom is -0.291 e. The van der Waals surface area contributed by atoms with Crippen LogP contribution in [0, 0.1) is 0 Å². The topological polar surface area (TPSA) is 43.1 Å². The third-order valence-electron chi connectivity index (χ3n) is 6.92. The molecule has 0 aliphatic rings. The Morgan fingerprint density at radius 2 is 1.42 bits per heavy atom. The van der Waals surface area contributed by atoms with Gasteiger partial charge in [0, 0.05) is 39.4 Å². The van der Waals surface area contributed by atoms with Crippen LogP contribution in [-0.2, 0) is 0 Å². The van der Waals surface area contributed by atoms with E-state index in [4.69, 9.17) is 4.98 Å². The molecule has 36 heavy (non-hydrogen) atoms. The lowest BCUT2D eigenvalue weighted by Gasteiger charge is -2.10. The fourth-order valence-corrected chi connectivity index (χ4v) is 6.31. The Bertz CT molecular complexity index is 2100. The summed E-state index contributed by atoms with van der Waals surface area (Å²) in [6, 6.07) is 32.1. The highest BCUT2D eigenvalue weighted by Crippen LogP contribution is 2.38. The predicted molar refractivity (Wildman–Crippen MR) is 150 cm³/mol. The van der Waals surface area contributed by atoms with Crippen LogP contribution < -0.4 is 0 Å². The van der Waals surface area contributed by atoms with E-state index in [1.54, 1.807) is 11.3 Å². The number of nitrogens with zero attached hydrogens (tertiary/aromatic N) is 4. The molecule has 5 heterocycles. The number of aromatic nitrogens is 4. The molecule has 168 valence electrons. The van der Waals surface area contributed by atoms with Gasteiger partial charge in [-0.3, -0.25) is 14.4 Å². The molecule has 0 radical (unpaired) electrons. The third-order valence-corrected chi connectivity index (χ3v) is 8.08. The van der Waals surface area contributed by atoms with Gasteiger partial charge in [-0.2, -0.15) is 0 Å². The Morgan fingerprint density at radius 1 is 0.611 bits per heavy atom. The first kappa shape index (κ1) is 19.7. The number of benzene rings is 3. The molecular weight excluding hydrogens is 460 g/mol. The molecule has 5 heteroatoms. The molecule has 8 aromatic rings. The van der Waals surface area contributed by atoms with Gasteiger partial charge in [0.1, 0.15) is 16.0 Å². The first-order chi connectivity index (χ1) is 17.8. The normalized spacial score (nSPS) is 11.9. The minimum atomic E-state index is 0.939. The van der Waals surface area contributed by atoms with Crippen molar-refractivity contribution in [1.82, 2.24) is 19.4 Å². The second-order valence-electron chi connectivity index (χ2n) is 8.98. The summed E-state index contributed by atoms with van der Waals surface area (Å²) in [6.07, 6.45) is 5.75. The van der Waals surface area contributed by atoms with Crippen molar-refractivity contribution in [3.05, 3.63) is 110 Å². The predicted octanol–water partition coefficient (Wildman–Crippen LogP) is 8.13. The third kappa shape index (κ3) is 2.84. The van der Waals surface area contributed by atoms with Crippen LogP contribution >= 0.6 is 11.3 Å². The van der Waals surface area contributed by atoms with Crippen LogP contribution in [-0.4, -0.2) is 19.4 Å². The van der Waals surface area contributed by atoms with Crippen LogP contribution in [0.2, 0.25) is 0 Å². The second-order valence-corrected chi connectivity index (χ2v) is 10.0. The van der Waals surface area contributed by atoms with Crippen LogP contribution in [0.5, 0.6) is 0 Å². The monoisotopic (exact) mass is 478 g/mol. The molecule has 8 rings (SSSR count). The Balaban J connectivity index is 1.26. The van der Waals surface area contributed by atoms with E-state index in [1.165, 1.54) is 37.2 Å². The van der Waals surface area contributed by atoms with Gasteiger partial charge in [0.25, 0.3) is 0 Å². The first-order valence-electron chi connectivity index (χ1n) is 11.9. The van der Waals surface area contributed by atoms with Gasteiger partial charge in [-0.1, -0.05) is 48.5 Å². The fraction of sp³-hybridized carbons (Fsp3) is 0. The summed E-state index contributed by atoms with van der Waals surface area (Å²) in [7, 11) is 0. The fourth-order valence-electron chi connectivity index (χ4n) is 5.19. The molecule has 0 N–H and O–H groups in total. The van der Waals surface area contributed by atoms with E-state index in [0.717, 1.165) is 33.0 Å². The number of imidazole rings is 1. The summed E-state index contributed by atoms with van der Waals surface area (Å²) in [4.78, 5) is 15.3. The van der Waals surface area contributed by atoms with Gasteiger partial charge < -0.3 is 0 Å². The average molecular weight is 479 g/mol. The molecule has 0 saturated carbocycles. The van der Waals surface area contributed by atoms with E-state index < -0.39 is 0 Å². The van der Waals surface area contributed by atoms with Gasteiger partial charge in [0.05, 0.1) is 11.0 Å². The van der Waals surface area contributed by atoms with Crippen LogP contribution in [0.1, 0.15) is 0 Å². The van der Waals surface area contributed by atoms with Gasteiger partial charge in [0.2, 0.25) is 0 Å². The molecule has 3 aromatic carbocycles. The molecule has 4 nitrogen and oxygen atoms in total. The van der Waals surface area contributed by atoms with E-state index >= 15 is 0 Å². The van der Waals surface area contributed by atoms with E-state index in [-0.39, 0.29) is 0 Å². The van der Waals surface area contributed by atoms with Crippen molar-refractivity contribution in [1.29, 1.82) is 0 Å². The van der Waals surface area contributed by atoms with E-state index in [2.05, 4.69) is 93.4 Å². The number of thiophene rings is 1. The average Bonchev–Trinajstić information content (AvgIpc) is 3.49. The zero-order valence-electron chi connectivity index (χ0n) is 19.1. The maximum Gasteiger partial charge on any atom is 0.138 e. The Morgan fingerprint density at radius 3 is 2.33 bits per heavy atom. The number of hydrogen-bond acceptors (Lipinski definition) is 4. The maximum atomic E-state index is 4.91. The van der Waals surface area contributed by atoms with Gasteiger partial charge >= 0.3 is 0 Å². The van der Waals surface area contributed by atoms with Gasteiger partial charge in [-0.25, -0.2) is 4.98 Å². The number of rotatable bonds is 2. The second kappa shape index (κ2) is 7.44. The van der Waals surface area contributed by atoms with Crippen molar-refractivity contribution < 1.29 is 0 Å². The minimum absolute atomic E-state index is 0.939. The highest BCUT2D eigenvalue weighted by atomic mass is 32.1. The van der Waals surface area contributed by atoms with Crippen LogP contribution in [0.3, 0.4) is 0 Å². The van der Waals surface area contributed by atoms with E-state index in [9.17, 15) is 0 Å². The standard InChI is InChI=1S/C31H18N4S/c1-2-16-35-27(7-1)34-30-25-17-21(12-13-26(25)36-31(30)35)19-8-10-20(11-9-19)24-18-22-5-3-14-32-28(22)29-23(24)6-4-15-33-29/h1-18H. The molecule has 0 aliphatic carbocycles. The highest BCUT2D eigenvalue weighted by molar-refractivity contribution is 7.25. The van der Waals surface area contributed by atoms with Crippen LogP contribution in [0.15, 0.2) is 110 Å². The maximum absolute atomic E-state index is 4.91. The molecule has 0 fully saturated rings. The highest BCUT2D eigenvalue weighted by Gasteiger charge is 2.14. The van der Waals surface area contributed by atoms with Crippen molar-refractivity contribution in [3.8, 4) is 22.3 Å². The summed E-state index contributed by atoms with van der Waals surface area (Å²) in [5, 5.41) is 3.42. The number of hydrogen-bond donors (Lipinski definition) is 0. The zero-order valence-corrected chi connectivity index (χ0v) is 19.9. The quantitative estimate of drug-likeness (QED) is 0.236. The van der Waals surface area contributed by atoms with Crippen LogP contribution in [0.25, 0.3) is 70.1 Å². The summed E-state index contributed by atoms with van der Waals surface area (Å²) < 4.78 is 3.43. The summed E-state index contributed by atoms with van der Waals surface area (Å²) in [5.41, 5.74) is 8.66. The molecular formula is C31H18N4S. The Hall–Kier alpha value is -4.61. The van der Waals surface area contributed by atoms with Crippen molar-refractivity contribution in [2.24, 2.45) is 0 Å². The molecule has 0 spiro atoms. The molecule has 0 aliphatic heterocycles. The Labute approximate surface area is 210 Å². The lowest BCUT2D eigenvalue weighted by atomic mass is 9.95. The largest absolute Gasteiger partial charge is 0.291 e. The molecule has 5 aromatic heterocycles. The van der Waals surface area contributed by atoms with Gasteiger partial charge in [-0.15, -0.1) is 11.3 Å². The summed E-state index contributed by atoms with van der Waals surface area (Å²) >= 11 is 1.79. The van der Waals surface area contributed by atoms with Crippen molar-refractivity contribution in [3.63, 3.8) is 0 Å². The molecule has 0 saturated heterocycles. The van der Waals surface area contributed by atoms with E-state index in [1.807, 2.05) is 30.6 Å². The molecule has 0 atom stereocenters. The summed E-state index contributed by atoms with van der Waals surface area (Å²) in [6.45, 7) is 0. The smallest absolute Gasteiger partial charge is 0.138 e. The molecule has 0 amide bonds. The van der Waals surface area contributed by atoms with Crippen LogP contribution in [0.4, 0.5) is 0 Å². The Kier molecular flexibility index (Phi) is 4.07. The van der Waals surface area contributed by atoms with Crippen molar-refractivity contribution >= 4 is 59.2 Å². The number of pyridine rings is 3. The summed E-state index contributed by atoms with van der Waals surface area (Å²) in [5.74, 6) is 0. The molecule has 0 bridgehead atoms.